The Morgan fingerprint density at radius 1 is 1.00 bits per heavy atom. The third-order valence-corrected chi connectivity index (χ3v) is 7.23. The lowest BCUT2D eigenvalue weighted by molar-refractivity contribution is -0.129. The second kappa shape index (κ2) is 12.6. The molecular weight excluding hydrogens is 472 g/mol. The zero-order chi connectivity index (χ0) is 25.3. The summed E-state index contributed by atoms with van der Waals surface area (Å²) >= 11 is 1.61. The van der Waals surface area contributed by atoms with E-state index in [-0.39, 0.29) is 24.3 Å². The van der Waals surface area contributed by atoms with Crippen LogP contribution >= 0.6 is 11.8 Å². The van der Waals surface area contributed by atoms with Gasteiger partial charge in [-0.3, -0.25) is 14.4 Å². The number of anilines is 1. The molecule has 0 radical (unpaired) electrons. The molecule has 0 spiro atoms. The molecule has 7 nitrogen and oxygen atoms in total. The predicted molar refractivity (Wildman–Crippen MR) is 145 cm³/mol. The molecule has 4 rings (SSSR count). The second-order valence-electron chi connectivity index (χ2n) is 8.84. The molecule has 0 saturated heterocycles. The highest BCUT2D eigenvalue weighted by Gasteiger charge is 2.27. The Balaban J connectivity index is 1.50. The number of hydrogen-bond acceptors (Lipinski definition) is 5. The molecule has 4 N–H and O–H groups in total. The number of carbonyl (C=O) groups is 3. The van der Waals surface area contributed by atoms with Gasteiger partial charge in [-0.25, -0.2) is 0 Å². The van der Waals surface area contributed by atoms with Crippen molar-refractivity contribution in [1.29, 1.82) is 0 Å². The van der Waals surface area contributed by atoms with Crippen molar-refractivity contribution >= 4 is 45.9 Å². The van der Waals surface area contributed by atoms with Crippen LogP contribution in [-0.2, 0) is 20.8 Å². The van der Waals surface area contributed by atoms with Crippen molar-refractivity contribution in [1.82, 2.24) is 10.6 Å². The van der Waals surface area contributed by atoms with Crippen molar-refractivity contribution < 1.29 is 14.4 Å². The average Bonchev–Trinajstić information content (AvgIpc) is 3.04. The van der Waals surface area contributed by atoms with Gasteiger partial charge in [-0.1, -0.05) is 54.6 Å². The number of nitrogens with one attached hydrogen (secondary N) is 2. The van der Waals surface area contributed by atoms with Gasteiger partial charge in [0.25, 0.3) is 0 Å². The smallest absolute Gasteiger partial charge is 0.242 e. The molecule has 0 aliphatic carbocycles. The Morgan fingerprint density at radius 3 is 2.61 bits per heavy atom. The number of carbonyl (C=O) groups excluding carboxylic acids is 3. The number of hydrogen-bond donors (Lipinski definition) is 3. The standard InChI is InChI=1S/C28H32N4O3S/c29-14-5-6-15-30-28(35)23(18-20-11-12-21-7-1-2-8-22(21)17-20)31-26(33)19-32-24-9-3-4-10-25(24)36-16-13-27(32)34/h1-4,7-12,17,23H,5-6,13-16,18-19,29H2,(H,30,35)(H,31,33). The second-order valence-corrected chi connectivity index (χ2v) is 9.98. The lowest BCUT2D eigenvalue weighted by Gasteiger charge is -2.24. The van der Waals surface area contributed by atoms with Crippen LogP contribution in [-0.4, -0.2) is 49.2 Å². The zero-order valence-corrected chi connectivity index (χ0v) is 21.1. The van der Waals surface area contributed by atoms with E-state index >= 15 is 0 Å². The Hall–Kier alpha value is -3.36. The maximum Gasteiger partial charge on any atom is 0.242 e. The highest BCUT2D eigenvalue weighted by Crippen LogP contribution is 2.33. The molecule has 3 aromatic rings. The molecule has 0 aromatic heterocycles. The van der Waals surface area contributed by atoms with Crippen LogP contribution < -0.4 is 21.3 Å². The van der Waals surface area contributed by atoms with Gasteiger partial charge in [0, 0.05) is 30.0 Å². The van der Waals surface area contributed by atoms with Crippen LogP contribution in [0.25, 0.3) is 10.8 Å². The minimum atomic E-state index is -0.761. The first-order chi connectivity index (χ1) is 17.5. The molecule has 1 unspecified atom stereocenters. The molecule has 3 aromatic carbocycles. The fourth-order valence-electron chi connectivity index (χ4n) is 4.29. The summed E-state index contributed by atoms with van der Waals surface area (Å²) in [7, 11) is 0. The van der Waals surface area contributed by atoms with Crippen LogP contribution in [0.4, 0.5) is 5.69 Å². The van der Waals surface area contributed by atoms with Crippen molar-refractivity contribution in [3.8, 4) is 0 Å². The summed E-state index contributed by atoms with van der Waals surface area (Å²) in [4.78, 5) is 41.5. The largest absolute Gasteiger partial charge is 0.354 e. The van der Waals surface area contributed by atoms with Gasteiger partial charge in [0.05, 0.1) is 5.69 Å². The summed E-state index contributed by atoms with van der Waals surface area (Å²) in [6, 6.07) is 20.9. The van der Waals surface area contributed by atoms with Gasteiger partial charge in [-0.2, -0.15) is 0 Å². The van der Waals surface area contributed by atoms with Crippen molar-refractivity contribution in [2.75, 3.05) is 30.3 Å². The van der Waals surface area contributed by atoms with Crippen LogP contribution in [0.1, 0.15) is 24.8 Å². The molecule has 0 bridgehead atoms. The van der Waals surface area contributed by atoms with Crippen LogP contribution in [0.3, 0.4) is 0 Å². The number of rotatable bonds is 10. The minimum absolute atomic E-state index is 0.0973. The molecule has 1 atom stereocenters. The van der Waals surface area contributed by atoms with Crippen LogP contribution in [0.5, 0.6) is 0 Å². The fourth-order valence-corrected chi connectivity index (χ4v) is 5.29. The summed E-state index contributed by atoms with van der Waals surface area (Å²) in [5, 5.41) is 8.01. The fraction of sp³-hybridized carbons (Fsp3) is 0.321. The lowest BCUT2D eigenvalue weighted by atomic mass is 10.0. The Bertz CT molecular complexity index is 1230. The Labute approximate surface area is 215 Å². The highest BCUT2D eigenvalue weighted by atomic mass is 32.2. The molecule has 8 heteroatoms. The van der Waals surface area contributed by atoms with Gasteiger partial charge in [0.15, 0.2) is 0 Å². The monoisotopic (exact) mass is 504 g/mol. The zero-order valence-electron chi connectivity index (χ0n) is 20.2. The van der Waals surface area contributed by atoms with E-state index in [9.17, 15) is 14.4 Å². The molecule has 3 amide bonds. The number of para-hydroxylation sites is 1. The lowest BCUT2D eigenvalue weighted by Crippen LogP contribution is -2.51. The number of unbranched alkanes of at least 4 members (excludes halogenated alkanes) is 1. The SMILES string of the molecule is NCCCCNC(=O)C(Cc1ccc2ccccc2c1)NC(=O)CN1C(=O)CCSc2ccccc21. The van der Waals surface area contributed by atoms with Crippen LogP contribution in [0.2, 0.25) is 0 Å². The maximum absolute atomic E-state index is 13.2. The maximum atomic E-state index is 13.2. The summed E-state index contributed by atoms with van der Waals surface area (Å²) in [6.07, 6.45) is 2.29. The molecular formula is C28H32N4O3S. The summed E-state index contributed by atoms with van der Waals surface area (Å²) in [5.74, 6) is -0.0384. The van der Waals surface area contributed by atoms with E-state index in [0.29, 0.717) is 31.7 Å². The van der Waals surface area contributed by atoms with E-state index in [0.717, 1.165) is 39.8 Å². The quantitative estimate of drug-likeness (QED) is 0.368. The van der Waals surface area contributed by atoms with Crippen molar-refractivity contribution in [2.24, 2.45) is 5.73 Å². The predicted octanol–water partition coefficient (Wildman–Crippen LogP) is 3.25. The molecule has 1 aliphatic rings. The number of nitrogens with zero attached hydrogens (tertiary/aromatic N) is 1. The number of benzene rings is 3. The molecule has 0 saturated carbocycles. The van der Waals surface area contributed by atoms with E-state index in [4.69, 9.17) is 5.73 Å². The van der Waals surface area contributed by atoms with E-state index in [1.165, 1.54) is 4.90 Å². The van der Waals surface area contributed by atoms with Gasteiger partial charge in [-0.05, 0) is 47.9 Å². The molecule has 1 heterocycles. The molecule has 1 aliphatic heterocycles. The first-order valence-electron chi connectivity index (χ1n) is 12.3. The van der Waals surface area contributed by atoms with Gasteiger partial charge in [0.2, 0.25) is 17.7 Å². The summed E-state index contributed by atoms with van der Waals surface area (Å²) in [5.41, 5.74) is 7.24. The van der Waals surface area contributed by atoms with E-state index in [2.05, 4.69) is 10.6 Å². The van der Waals surface area contributed by atoms with E-state index < -0.39 is 6.04 Å². The normalized spacial score (nSPS) is 14.1. The average molecular weight is 505 g/mol. The summed E-state index contributed by atoms with van der Waals surface area (Å²) < 4.78 is 0. The van der Waals surface area contributed by atoms with Crippen molar-refractivity contribution in [3.63, 3.8) is 0 Å². The third-order valence-electron chi connectivity index (χ3n) is 6.17. The van der Waals surface area contributed by atoms with Crippen molar-refractivity contribution in [2.45, 2.75) is 36.6 Å². The van der Waals surface area contributed by atoms with Gasteiger partial charge >= 0.3 is 0 Å². The topological polar surface area (TPSA) is 105 Å². The molecule has 36 heavy (non-hydrogen) atoms. The highest BCUT2D eigenvalue weighted by molar-refractivity contribution is 7.99. The molecule has 188 valence electrons. The van der Waals surface area contributed by atoms with E-state index in [1.54, 1.807) is 11.8 Å². The summed E-state index contributed by atoms with van der Waals surface area (Å²) in [6.45, 7) is 0.928. The van der Waals surface area contributed by atoms with Crippen LogP contribution in [0.15, 0.2) is 71.6 Å². The van der Waals surface area contributed by atoms with Gasteiger partial charge in [0.1, 0.15) is 12.6 Å². The number of thioether (sulfide) groups is 1. The van der Waals surface area contributed by atoms with E-state index in [1.807, 2.05) is 66.7 Å². The number of nitrogens with two attached hydrogens (primary N) is 1. The number of amides is 3. The first kappa shape index (κ1) is 25.7. The number of fused-ring (bicyclic) bond motifs is 2. The van der Waals surface area contributed by atoms with Crippen LogP contribution in [0, 0.1) is 0 Å². The Morgan fingerprint density at radius 2 is 1.78 bits per heavy atom. The minimum Gasteiger partial charge on any atom is -0.354 e. The van der Waals surface area contributed by atoms with Gasteiger partial charge < -0.3 is 21.3 Å². The molecule has 0 fully saturated rings. The Kier molecular flexibility index (Phi) is 8.97. The third kappa shape index (κ3) is 6.65. The van der Waals surface area contributed by atoms with Crippen molar-refractivity contribution in [3.05, 3.63) is 72.3 Å². The first-order valence-corrected chi connectivity index (χ1v) is 13.3. The van der Waals surface area contributed by atoms with Gasteiger partial charge in [-0.15, -0.1) is 11.8 Å².